The topological polar surface area (TPSA) is 71.4 Å². The van der Waals surface area contributed by atoms with Gasteiger partial charge in [0, 0.05) is 57.0 Å². The van der Waals surface area contributed by atoms with E-state index in [0.717, 1.165) is 37.2 Å². The summed E-state index contributed by atoms with van der Waals surface area (Å²) in [7, 11) is 0. The molecule has 0 atom stereocenters. The van der Waals surface area contributed by atoms with E-state index in [2.05, 4.69) is 103 Å². The Morgan fingerprint density at radius 1 is 0.409 bits per heavy atom. The van der Waals surface area contributed by atoms with Gasteiger partial charge < -0.3 is 0 Å². The largest absolute Gasteiger partial charge is 0.192 e. The maximum absolute atomic E-state index is 10.7. The van der Waals surface area contributed by atoms with Crippen LogP contribution < -0.4 is 0 Å². The molecule has 0 radical (unpaired) electrons. The smallest absolute Gasteiger partial charge is 0.100 e. The molecule has 0 spiro atoms. The van der Waals surface area contributed by atoms with E-state index in [4.69, 9.17) is 0 Å². The predicted molar refractivity (Wildman–Crippen MR) is 183 cm³/mol. The Balaban J connectivity index is 1.43. The van der Waals surface area contributed by atoms with Gasteiger partial charge in [0.2, 0.25) is 0 Å². The lowest BCUT2D eigenvalue weighted by Crippen LogP contribution is -1.96. The molecule has 2 heterocycles. The van der Waals surface area contributed by atoms with Crippen LogP contribution in [0.1, 0.15) is 16.7 Å². The number of hydrogen-bond donors (Lipinski definition) is 0. The molecule has 5 heteroatoms. The number of rotatable bonds is 3. The molecule has 8 rings (SSSR count). The molecule has 0 amide bonds. The fraction of sp³-hybridized carbons (Fsp3) is 0. The first-order valence-corrected chi connectivity index (χ1v) is 15.6. The molecule has 8 aromatic rings. The highest BCUT2D eigenvalue weighted by Crippen LogP contribution is 2.43. The van der Waals surface area contributed by atoms with Crippen molar-refractivity contribution in [2.24, 2.45) is 0 Å². The van der Waals surface area contributed by atoms with Crippen molar-refractivity contribution in [2.45, 2.75) is 0 Å². The first-order chi connectivity index (χ1) is 21.7. The van der Waals surface area contributed by atoms with Crippen molar-refractivity contribution in [1.29, 1.82) is 15.8 Å². The van der Waals surface area contributed by atoms with Gasteiger partial charge in [0.05, 0.1) is 28.8 Å². The van der Waals surface area contributed by atoms with Crippen molar-refractivity contribution >= 4 is 63.0 Å². The van der Waals surface area contributed by atoms with Crippen molar-refractivity contribution < 1.29 is 0 Å². The minimum absolute atomic E-state index is 0.422. The molecule has 0 saturated heterocycles. The lowest BCUT2D eigenvalue weighted by atomic mass is 9.86. The Bertz CT molecular complexity index is 2430. The van der Waals surface area contributed by atoms with E-state index in [1.54, 1.807) is 40.9 Å². The molecule has 3 nitrogen and oxygen atoms in total. The van der Waals surface area contributed by atoms with Gasteiger partial charge in [-0.2, -0.15) is 15.8 Å². The first kappa shape index (κ1) is 25.9. The quantitative estimate of drug-likeness (QED) is 0.205. The normalized spacial score (nSPS) is 11.1. The number of thiophene rings is 2. The Kier molecular flexibility index (Phi) is 6.00. The van der Waals surface area contributed by atoms with Crippen molar-refractivity contribution in [2.75, 3.05) is 0 Å². The van der Waals surface area contributed by atoms with Gasteiger partial charge in [0.25, 0.3) is 0 Å². The van der Waals surface area contributed by atoms with Crippen molar-refractivity contribution in [3.05, 3.63) is 132 Å². The summed E-state index contributed by atoms with van der Waals surface area (Å²) in [5, 5.41) is 35.6. The zero-order valence-electron chi connectivity index (χ0n) is 23.1. The summed E-state index contributed by atoms with van der Waals surface area (Å²) >= 11 is 3.47. The van der Waals surface area contributed by atoms with Gasteiger partial charge in [0.1, 0.15) is 6.07 Å². The number of benzene rings is 6. The zero-order chi connectivity index (χ0) is 29.8. The second kappa shape index (κ2) is 10.2. The summed E-state index contributed by atoms with van der Waals surface area (Å²) in [5.74, 6) is 0. The number of hydrogen-bond acceptors (Lipinski definition) is 5. The van der Waals surface area contributed by atoms with Crippen LogP contribution in [0.15, 0.2) is 115 Å². The molecule has 0 aliphatic carbocycles. The highest BCUT2D eigenvalue weighted by Gasteiger charge is 2.20. The lowest BCUT2D eigenvalue weighted by Gasteiger charge is -2.16. The maximum atomic E-state index is 10.7. The highest BCUT2D eigenvalue weighted by molar-refractivity contribution is 7.26. The van der Waals surface area contributed by atoms with Gasteiger partial charge in [-0.25, -0.2) is 0 Å². The molecule has 0 fully saturated rings. The van der Waals surface area contributed by atoms with Crippen molar-refractivity contribution in [3.8, 4) is 51.6 Å². The van der Waals surface area contributed by atoms with E-state index in [1.165, 1.54) is 30.9 Å². The molecule has 0 N–H and O–H groups in total. The molecule has 202 valence electrons. The summed E-state index contributed by atoms with van der Waals surface area (Å²) in [5.41, 5.74) is 6.09. The summed E-state index contributed by atoms with van der Waals surface area (Å²) in [6, 6.07) is 45.7. The van der Waals surface area contributed by atoms with Crippen LogP contribution in [0.5, 0.6) is 0 Å². The molecule has 2 aromatic heterocycles. The van der Waals surface area contributed by atoms with Gasteiger partial charge in [-0.1, -0.05) is 66.7 Å². The van der Waals surface area contributed by atoms with Gasteiger partial charge in [-0.15, -0.1) is 22.7 Å². The van der Waals surface area contributed by atoms with Crippen molar-refractivity contribution in [1.82, 2.24) is 0 Å². The van der Waals surface area contributed by atoms with Crippen LogP contribution >= 0.6 is 22.7 Å². The molecule has 0 aliphatic rings. The fourth-order valence-electron chi connectivity index (χ4n) is 6.20. The third-order valence-corrected chi connectivity index (χ3v) is 10.5. The highest BCUT2D eigenvalue weighted by atomic mass is 32.1. The van der Waals surface area contributed by atoms with Gasteiger partial charge in [-0.05, 0) is 65.2 Å². The third-order valence-electron chi connectivity index (χ3n) is 8.22. The fourth-order valence-corrected chi connectivity index (χ4v) is 8.49. The molecule has 0 aliphatic heterocycles. The van der Waals surface area contributed by atoms with E-state index in [9.17, 15) is 15.8 Å². The minimum atomic E-state index is 0.422. The monoisotopic (exact) mass is 593 g/mol. The van der Waals surface area contributed by atoms with Crippen molar-refractivity contribution in [3.63, 3.8) is 0 Å². The second-order valence-corrected chi connectivity index (χ2v) is 12.8. The Morgan fingerprint density at radius 2 is 0.886 bits per heavy atom. The van der Waals surface area contributed by atoms with E-state index in [-0.39, 0.29) is 0 Å². The standard InChI is InChI=1S/C39H19N3S2/c40-20-25-6-5-7-26(21-41)39(25)27-16-32(23-12-14-30-28-8-1-3-10-35(28)43-37(30)18-23)34(22-42)33(17-27)24-13-15-31-29-9-2-4-11-36(29)44-38(31)19-24/h1-19H. The molecule has 0 bridgehead atoms. The lowest BCUT2D eigenvalue weighted by molar-refractivity contribution is 1.43. The van der Waals surface area contributed by atoms with Crippen LogP contribution in [0, 0.1) is 34.0 Å². The number of nitriles is 3. The average Bonchev–Trinajstić information content (AvgIpc) is 3.64. The maximum Gasteiger partial charge on any atom is 0.100 e. The molecule has 44 heavy (non-hydrogen) atoms. The first-order valence-electron chi connectivity index (χ1n) is 14.0. The SMILES string of the molecule is N#Cc1cccc(C#N)c1-c1cc(-c2ccc3c(c2)sc2ccccc23)c(C#N)c(-c2ccc3c(c2)sc2ccccc23)c1. The van der Waals surface area contributed by atoms with Gasteiger partial charge in [0.15, 0.2) is 0 Å². The second-order valence-electron chi connectivity index (χ2n) is 10.6. The molecule has 0 saturated carbocycles. The summed E-state index contributed by atoms with van der Waals surface area (Å²) in [6.07, 6.45) is 0. The summed E-state index contributed by atoms with van der Waals surface area (Å²) in [4.78, 5) is 0. The van der Waals surface area contributed by atoms with Crippen LogP contribution in [-0.2, 0) is 0 Å². The van der Waals surface area contributed by atoms with Gasteiger partial charge in [-0.3, -0.25) is 0 Å². The summed E-state index contributed by atoms with van der Waals surface area (Å²) < 4.78 is 4.71. The Labute approximate surface area is 261 Å². The van der Waals surface area contributed by atoms with Crippen LogP contribution in [0.3, 0.4) is 0 Å². The molecule has 6 aromatic carbocycles. The Morgan fingerprint density at radius 3 is 1.36 bits per heavy atom. The number of fused-ring (bicyclic) bond motifs is 6. The van der Waals surface area contributed by atoms with Crippen LogP contribution in [0.2, 0.25) is 0 Å². The van der Waals surface area contributed by atoms with Crippen LogP contribution in [0.4, 0.5) is 0 Å². The van der Waals surface area contributed by atoms with E-state index in [1.807, 2.05) is 12.1 Å². The van der Waals surface area contributed by atoms with E-state index in [0.29, 0.717) is 22.3 Å². The van der Waals surface area contributed by atoms with E-state index < -0.39 is 0 Å². The summed E-state index contributed by atoms with van der Waals surface area (Å²) in [6.45, 7) is 0. The van der Waals surface area contributed by atoms with Crippen LogP contribution in [-0.4, -0.2) is 0 Å². The molecular weight excluding hydrogens is 575 g/mol. The Hall–Kier alpha value is -5.77. The average molecular weight is 594 g/mol. The third kappa shape index (κ3) is 3.98. The minimum Gasteiger partial charge on any atom is -0.192 e. The van der Waals surface area contributed by atoms with Crippen LogP contribution in [0.25, 0.3) is 73.7 Å². The number of nitrogens with zero attached hydrogens (tertiary/aromatic N) is 3. The molecular formula is C39H19N3S2. The van der Waals surface area contributed by atoms with E-state index >= 15 is 0 Å². The van der Waals surface area contributed by atoms with Gasteiger partial charge >= 0.3 is 0 Å². The molecule has 0 unspecified atom stereocenters. The predicted octanol–water partition coefficient (Wildman–Crippen LogP) is 11.0. The zero-order valence-corrected chi connectivity index (χ0v) is 24.8.